The predicted octanol–water partition coefficient (Wildman–Crippen LogP) is 8.81. The number of amides is 1. The maximum absolute atomic E-state index is 12.8. The molecule has 2 aliphatic heterocycles. The van der Waals surface area contributed by atoms with Crippen molar-refractivity contribution in [1.82, 2.24) is 19.7 Å². The van der Waals surface area contributed by atoms with Crippen molar-refractivity contribution in [1.29, 1.82) is 0 Å². The molecular formula is C47H51N5O5. The molecule has 4 aromatic carbocycles. The fraction of sp³-hybridized carbons (Fsp3) is 0.340. The van der Waals surface area contributed by atoms with Gasteiger partial charge in [0.1, 0.15) is 25.5 Å². The van der Waals surface area contributed by atoms with Crippen LogP contribution in [-0.2, 0) is 31.6 Å². The molecule has 57 heavy (non-hydrogen) atoms. The van der Waals surface area contributed by atoms with Crippen LogP contribution >= 0.6 is 0 Å². The molecule has 2 aromatic heterocycles. The summed E-state index contributed by atoms with van der Waals surface area (Å²) in [6, 6.07) is 40.1. The van der Waals surface area contributed by atoms with E-state index < -0.39 is 5.60 Å². The highest BCUT2D eigenvalue weighted by Gasteiger charge is 2.43. The predicted molar refractivity (Wildman–Crippen MR) is 222 cm³/mol. The topological polar surface area (TPSA) is 102 Å². The Labute approximate surface area is 334 Å². The summed E-state index contributed by atoms with van der Waals surface area (Å²) in [5.74, 6) is 1.23. The summed E-state index contributed by atoms with van der Waals surface area (Å²) in [5.41, 5.74) is 6.02. The maximum Gasteiger partial charge on any atom is 0.410 e. The number of aryl methyl sites for hydroxylation is 1. The minimum Gasteiger partial charge on any atom is -0.473 e. The number of piperidine rings is 2. The first-order valence-corrected chi connectivity index (χ1v) is 20.1. The SMILES string of the molecule is Cn1nc(-c2ccc(OCc3ccccc3)nc2OCc2ccccc2)c2cccc(N3CCC(C(C)(O)C4CCN(C(=O)OCc5ccccc5)CC4)CC3)c21. The first-order chi connectivity index (χ1) is 27.8. The molecule has 10 nitrogen and oxygen atoms in total. The number of anilines is 1. The second-order valence-corrected chi connectivity index (χ2v) is 15.5. The monoisotopic (exact) mass is 765 g/mol. The van der Waals surface area contributed by atoms with Crippen LogP contribution in [0, 0.1) is 11.8 Å². The van der Waals surface area contributed by atoms with E-state index in [1.165, 1.54) is 0 Å². The molecule has 2 fully saturated rings. The Bertz CT molecular complexity index is 2250. The molecule has 0 spiro atoms. The minimum absolute atomic E-state index is 0.123. The lowest BCUT2D eigenvalue weighted by Crippen LogP contribution is -2.51. The Balaban J connectivity index is 0.948. The van der Waals surface area contributed by atoms with Crippen molar-refractivity contribution in [3.63, 3.8) is 0 Å². The first-order valence-electron chi connectivity index (χ1n) is 20.1. The van der Waals surface area contributed by atoms with Crippen LogP contribution < -0.4 is 14.4 Å². The molecule has 1 amide bonds. The number of carbonyl (C=O) groups excluding carboxylic acids is 1. The third-order valence-corrected chi connectivity index (χ3v) is 11.8. The van der Waals surface area contributed by atoms with Gasteiger partial charge in [-0.1, -0.05) is 103 Å². The molecule has 0 saturated carbocycles. The molecule has 0 radical (unpaired) electrons. The number of aromatic nitrogens is 3. The van der Waals surface area contributed by atoms with Crippen LogP contribution in [-0.4, -0.2) is 62.6 Å². The van der Waals surface area contributed by atoms with Crippen LogP contribution in [0.2, 0.25) is 0 Å². The van der Waals surface area contributed by atoms with Gasteiger partial charge in [0.15, 0.2) is 0 Å². The lowest BCUT2D eigenvalue weighted by Gasteiger charge is -2.46. The zero-order valence-corrected chi connectivity index (χ0v) is 32.8. The number of rotatable bonds is 12. The van der Waals surface area contributed by atoms with E-state index in [4.69, 9.17) is 24.3 Å². The highest BCUT2D eigenvalue weighted by atomic mass is 16.6. The molecule has 1 atom stereocenters. The van der Waals surface area contributed by atoms with Gasteiger partial charge in [0.2, 0.25) is 11.8 Å². The van der Waals surface area contributed by atoms with Crippen molar-refractivity contribution >= 4 is 22.7 Å². The van der Waals surface area contributed by atoms with Crippen molar-refractivity contribution in [3.05, 3.63) is 138 Å². The minimum atomic E-state index is -0.821. The lowest BCUT2D eigenvalue weighted by molar-refractivity contribution is -0.0788. The van der Waals surface area contributed by atoms with E-state index in [9.17, 15) is 9.90 Å². The summed E-state index contributed by atoms with van der Waals surface area (Å²) in [6.45, 7) is 5.88. The van der Waals surface area contributed by atoms with Crippen LogP contribution in [0.3, 0.4) is 0 Å². The number of nitrogens with zero attached hydrogens (tertiary/aromatic N) is 5. The van der Waals surface area contributed by atoms with Crippen molar-refractivity contribution in [3.8, 4) is 23.0 Å². The first kappa shape index (κ1) is 38.0. The average Bonchev–Trinajstić information content (AvgIpc) is 3.61. The Morgan fingerprint density at radius 2 is 1.26 bits per heavy atom. The van der Waals surface area contributed by atoms with Gasteiger partial charge in [-0.05, 0) is 73.3 Å². The van der Waals surface area contributed by atoms with E-state index in [1.807, 2.05) is 122 Å². The molecule has 2 saturated heterocycles. The molecule has 0 aliphatic carbocycles. The van der Waals surface area contributed by atoms with E-state index in [0.717, 1.165) is 83.3 Å². The van der Waals surface area contributed by atoms with Crippen LogP contribution in [0.1, 0.15) is 49.3 Å². The number of likely N-dealkylation sites (tertiary alicyclic amines) is 1. The number of carbonyl (C=O) groups is 1. The average molecular weight is 766 g/mol. The van der Waals surface area contributed by atoms with Crippen molar-refractivity contribution in [2.24, 2.45) is 18.9 Å². The maximum atomic E-state index is 12.8. The van der Waals surface area contributed by atoms with Gasteiger partial charge >= 0.3 is 6.09 Å². The van der Waals surface area contributed by atoms with Crippen molar-refractivity contribution in [2.45, 2.75) is 58.0 Å². The number of pyridine rings is 1. The third-order valence-electron chi connectivity index (χ3n) is 11.8. The highest BCUT2D eigenvalue weighted by Crippen LogP contribution is 2.42. The van der Waals surface area contributed by atoms with E-state index in [1.54, 1.807) is 4.90 Å². The number of hydrogen-bond acceptors (Lipinski definition) is 8. The summed E-state index contributed by atoms with van der Waals surface area (Å²) in [4.78, 5) is 21.9. The van der Waals surface area contributed by atoms with Crippen LogP contribution in [0.15, 0.2) is 121 Å². The molecule has 294 valence electrons. The fourth-order valence-electron chi connectivity index (χ4n) is 8.52. The Morgan fingerprint density at radius 1 is 0.702 bits per heavy atom. The molecule has 6 aromatic rings. The van der Waals surface area contributed by atoms with Crippen LogP contribution in [0.25, 0.3) is 22.2 Å². The molecule has 2 aliphatic rings. The molecule has 4 heterocycles. The summed E-state index contributed by atoms with van der Waals surface area (Å²) in [6.07, 6.45) is 2.99. The van der Waals surface area contributed by atoms with Gasteiger partial charge in [-0.25, -0.2) is 4.79 Å². The number of aliphatic hydroxyl groups is 1. The largest absolute Gasteiger partial charge is 0.473 e. The molecule has 10 heteroatoms. The number of hydrogen-bond donors (Lipinski definition) is 1. The van der Waals surface area contributed by atoms with Gasteiger partial charge in [-0.15, -0.1) is 0 Å². The zero-order chi connectivity index (χ0) is 39.2. The lowest BCUT2D eigenvalue weighted by atomic mass is 9.70. The number of para-hydroxylation sites is 1. The summed E-state index contributed by atoms with van der Waals surface area (Å²) >= 11 is 0. The molecule has 0 bridgehead atoms. The highest BCUT2D eigenvalue weighted by molar-refractivity contribution is 6.01. The van der Waals surface area contributed by atoms with E-state index >= 15 is 0 Å². The quantitative estimate of drug-likeness (QED) is 0.132. The standard InChI is InChI=1S/C47H51N5O5/c1-47(54,38-25-29-52(30-26-38)46(53)57-33-36-17-10-5-11-18-36)37-23-27-51(28-24-37)41-20-12-19-39-43(49-50(2)44(39)41)40-21-22-42(55-31-34-13-6-3-7-14-34)48-45(40)56-32-35-15-8-4-9-16-35/h3-22,37-38,54H,23-33H2,1-2H3. The third kappa shape index (κ3) is 8.61. The van der Waals surface area contributed by atoms with Gasteiger partial charge in [0.25, 0.3) is 0 Å². The second-order valence-electron chi connectivity index (χ2n) is 15.5. The summed E-state index contributed by atoms with van der Waals surface area (Å²) in [5, 5.41) is 18.1. The zero-order valence-electron chi connectivity index (χ0n) is 32.8. The van der Waals surface area contributed by atoms with E-state index in [2.05, 4.69) is 23.1 Å². The summed E-state index contributed by atoms with van der Waals surface area (Å²) in [7, 11) is 1.99. The van der Waals surface area contributed by atoms with Gasteiger partial charge in [0.05, 0.1) is 22.4 Å². The Kier molecular flexibility index (Phi) is 11.4. The van der Waals surface area contributed by atoms with Crippen molar-refractivity contribution in [2.75, 3.05) is 31.1 Å². The van der Waals surface area contributed by atoms with Gasteiger partial charge in [0, 0.05) is 44.7 Å². The molecular weight excluding hydrogens is 715 g/mol. The van der Waals surface area contributed by atoms with E-state index in [0.29, 0.717) is 38.1 Å². The van der Waals surface area contributed by atoms with Gasteiger partial charge < -0.3 is 29.1 Å². The van der Waals surface area contributed by atoms with Gasteiger partial charge in [-0.3, -0.25) is 4.68 Å². The smallest absolute Gasteiger partial charge is 0.410 e. The second kappa shape index (κ2) is 17.1. The van der Waals surface area contributed by atoms with E-state index in [-0.39, 0.29) is 24.5 Å². The Morgan fingerprint density at radius 3 is 1.88 bits per heavy atom. The molecule has 1 unspecified atom stereocenters. The fourth-order valence-corrected chi connectivity index (χ4v) is 8.52. The summed E-state index contributed by atoms with van der Waals surface area (Å²) < 4.78 is 20.1. The van der Waals surface area contributed by atoms with Crippen molar-refractivity contribution < 1.29 is 24.1 Å². The molecule has 8 rings (SSSR count). The van der Waals surface area contributed by atoms with Crippen LogP contribution in [0.4, 0.5) is 10.5 Å². The number of benzene rings is 4. The normalized spacial score (nSPS) is 16.3. The Hall–Kier alpha value is -5.87. The molecule has 1 N–H and O–H groups in total. The van der Waals surface area contributed by atoms with Crippen LogP contribution in [0.5, 0.6) is 11.8 Å². The number of ether oxygens (including phenoxy) is 3. The number of fused-ring (bicyclic) bond motifs is 1. The van der Waals surface area contributed by atoms with Gasteiger partial charge in [-0.2, -0.15) is 10.1 Å².